The lowest BCUT2D eigenvalue weighted by Crippen LogP contribution is -2.38. The molecule has 142 valence electrons. The molecule has 0 spiro atoms. The van der Waals surface area contributed by atoms with E-state index < -0.39 is 0 Å². The van der Waals surface area contributed by atoms with Crippen molar-refractivity contribution in [3.05, 3.63) is 17.1 Å². The Morgan fingerprint density at radius 1 is 1.15 bits per heavy atom. The molecule has 1 atom stereocenters. The summed E-state index contributed by atoms with van der Waals surface area (Å²) in [7, 11) is 4.08. The molecule has 26 heavy (non-hydrogen) atoms. The van der Waals surface area contributed by atoms with Crippen LogP contribution in [0.2, 0.25) is 0 Å². The molecule has 6 nitrogen and oxygen atoms in total. The number of nitrogens with zero attached hydrogens (tertiary/aromatic N) is 4. The van der Waals surface area contributed by atoms with Gasteiger partial charge >= 0.3 is 0 Å². The summed E-state index contributed by atoms with van der Waals surface area (Å²) in [5.74, 6) is 2.78. The summed E-state index contributed by atoms with van der Waals surface area (Å²) in [6.07, 6.45) is 8.90. The van der Waals surface area contributed by atoms with E-state index in [1.807, 2.05) is 11.9 Å². The third-order valence-corrected chi connectivity index (χ3v) is 6.43. The summed E-state index contributed by atoms with van der Waals surface area (Å²) in [6.45, 7) is 2.53. The van der Waals surface area contributed by atoms with Crippen LogP contribution in [0, 0.1) is 5.92 Å². The first kappa shape index (κ1) is 17.7. The number of carbonyl (C=O) groups is 1. The minimum atomic E-state index is 0.303. The predicted octanol–water partition coefficient (Wildman–Crippen LogP) is 2.75. The molecule has 2 aliphatic heterocycles. The number of nitrogens with one attached hydrogen (secondary N) is 1. The van der Waals surface area contributed by atoms with Gasteiger partial charge in [-0.25, -0.2) is 9.97 Å². The molecular weight excluding hydrogens is 326 g/mol. The zero-order valence-corrected chi connectivity index (χ0v) is 16.1. The molecule has 1 aliphatic carbocycles. The number of amides is 1. The van der Waals surface area contributed by atoms with Crippen LogP contribution in [0.1, 0.15) is 68.1 Å². The maximum atomic E-state index is 12.8. The van der Waals surface area contributed by atoms with Crippen LogP contribution in [0.4, 0.5) is 5.82 Å². The van der Waals surface area contributed by atoms with E-state index in [9.17, 15) is 4.79 Å². The van der Waals surface area contributed by atoms with Crippen LogP contribution >= 0.6 is 0 Å². The lowest BCUT2D eigenvalue weighted by molar-refractivity contribution is -0.133. The van der Waals surface area contributed by atoms with Crippen molar-refractivity contribution in [2.24, 2.45) is 5.92 Å². The van der Waals surface area contributed by atoms with Gasteiger partial charge in [0, 0.05) is 25.6 Å². The van der Waals surface area contributed by atoms with Gasteiger partial charge in [0.1, 0.15) is 11.6 Å². The van der Waals surface area contributed by atoms with E-state index in [-0.39, 0.29) is 0 Å². The number of likely N-dealkylation sites (tertiary alicyclic amines) is 1. The monoisotopic (exact) mass is 357 g/mol. The number of hydrogen-bond donors (Lipinski definition) is 1. The van der Waals surface area contributed by atoms with Gasteiger partial charge in [-0.3, -0.25) is 9.69 Å². The van der Waals surface area contributed by atoms with Crippen LogP contribution in [-0.2, 0) is 17.8 Å². The molecule has 1 aromatic rings. The average molecular weight is 358 g/mol. The number of fused-ring (bicyclic) bond motifs is 1. The molecule has 1 saturated heterocycles. The van der Waals surface area contributed by atoms with Crippen LogP contribution in [0.3, 0.4) is 0 Å². The minimum Gasteiger partial charge on any atom is -0.373 e. The van der Waals surface area contributed by atoms with E-state index in [0.717, 1.165) is 49.7 Å². The molecule has 1 aromatic heterocycles. The molecule has 4 rings (SSSR count). The maximum Gasteiger partial charge on any atom is 0.223 e. The molecule has 3 aliphatic rings. The van der Waals surface area contributed by atoms with Crippen molar-refractivity contribution in [1.29, 1.82) is 0 Å². The molecule has 0 radical (unpaired) electrons. The van der Waals surface area contributed by atoms with Crippen molar-refractivity contribution >= 4 is 11.7 Å². The van der Waals surface area contributed by atoms with E-state index in [4.69, 9.17) is 9.97 Å². The summed E-state index contributed by atoms with van der Waals surface area (Å²) in [4.78, 5) is 26.9. The molecule has 6 heteroatoms. The van der Waals surface area contributed by atoms with Crippen molar-refractivity contribution in [3.63, 3.8) is 0 Å². The first-order chi connectivity index (χ1) is 12.7. The lowest BCUT2D eigenvalue weighted by Gasteiger charge is -2.31. The quantitative estimate of drug-likeness (QED) is 0.898. The Bertz CT molecular complexity index is 670. The molecule has 0 bridgehead atoms. The fourth-order valence-corrected chi connectivity index (χ4v) is 4.85. The summed E-state index contributed by atoms with van der Waals surface area (Å²) < 4.78 is 0. The molecule has 1 N–H and O–H groups in total. The van der Waals surface area contributed by atoms with Crippen molar-refractivity contribution < 1.29 is 4.79 Å². The van der Waals surface area contributed by atoms with Gasteiger partial charge in [-0.15, -0.1) is 0 Å². The Morgan fingerprint density at radius 2 is 1.96 bits per heavy atom. The third kappa shape index (κ3) is 3.43. The van der Waals surface area contributed by atoms with Crippen LogP contribution in [0.5, 0.6) is 0 Å². The number of aromatic nitrogens is 2. The van der Waals surface area contributed by atoms with Gasteiger partial charge in [0.2, 0.25) is 5.91 Å². The van der Waals surface area contributed by atoms with E-state index in [0.29, 0.717) is 24.4 Å². The van der Waals surface area contributed by atoms with Crippen molar-refractivity contribution in [2.45, 2.75) is 64.0 Å². The van der Waals surface area contributed by atoms with Gasteiger partial charge in [0.05, 0.1) is 18.3 Å². The van der Waals surface area contributed by atoms with Gasteiger partial charge in [-0.2, -0.15) is 0 Å². The second-order valence-corrected chi connectivity index (χ2v) is 8.16. The van der Waals surface area contributed by atoms with Gasteiger partial charge in [-0.05, 0) is 51.6 Å². The first-order valence-electron chi connectivity index (χ1n) is 10.2. The van der Waals surface area contributed by atoms with Gasteiger partial charge in [0.25, 0.3) is 0 Å². The normalized spacial score (nSPS) is 24.1. The summed E-state index contributed by atoms with van der Waals surface area (Å²) in [6, 6.07) is 0.303. The Labute approximate surface area is 156 Å². The molecule has 1 saturated carbocycles. The van der Waals surface area contributed by atoms with E-state index >= 15 is 0 Å². The summed E-state index contributed by atoms with van der Waals surface area (Å²) in [5, 5.41) is 3.26. The molecule has 0 aromatic carbocycles. The number of carbonyl (C=O) groups excluding carboxylic acids is 1. The van der Waals surface area contributed by atoms with Crippen LogP contribution < -0.4 is 5.32 Å². The largest absolute Gasteiger partial charge is 0.373 e. The summed E-state index contributed by atoms with van der Waals surface area (Å²) >= 11 is 0. The molecule has 2 fully saturated rings. The topological polar surface area (TPSA) is 61.4 Å². The molecule has 1 unspecified atom stereocenters. The predicted molar refractivity (Wildman–Crippen MR) is 102 cm³/mol. The minimum absolute atomic E-state index is 0.303. The van der Waals surface area contributed by atoms with Gasteiger partial charge in [0.15, 0.2) is 0 Å². The summed E-state index contributed by atoms with van der Waals surface area (Å²) in [5.41, 5.74) is 2.24. The van der Waals surface area contributed by atoms with Gasteiger partial charge < -0.3 is 10.2 Å². The number of rotatable bonds is 4. The van der Waals surface area contributed by atoms with Crippen molar-refractivity contribution in [3.8, 4) is 0 Å². The van der Waals surface area contributed by atoms with E-state index in [2.05, 4.69) is 17.3 Å². The van der Waals surface area contributed by atoms with Crippen LogP contribution in [-0.4, -0.2) is 52.9 Å². The second-order valence-electron chi connectivity index (χ2n) is 8.16. The molecular formula is C20H31N5O. The van der Waals surface area contributed by atoms with E-state index in [1.165, 1.54) is 37.7 Å². The molecule has 1 amide bonds. The SMILES string of the molecule is CNc1nc(C2CCCN2C)nc2c1CCN(C(=O)CC1CCCC1)C2. The maximum absolute atomic E-state index is 12.8. The van der Waals surface area contributed by atoms with Crippen LogP contribution in [0.25, 0.3) is 0 Å². The highest BCUT2D eigenvalue weighted by molar-refractivity contribution is 5.77. The fraction of sp³-hybridized carbons (Fsp3) is 0.750. The highest BCUT2D eigenvalue weighted by Gasteiger charge is 2.30. The van der Waals surface area contributed by atoms with Crippen LogP contribution in [0.15, 0.2) is 0 Å². The Morgan fingerprint density at radius 3 is 2.65 bits per heavy atom. The highest BCUT2D eigenvalue weighted by Crippen LogP contribution is 2.33. The highest BCUT2D eigenvalue weighted by atomic mass is 16.2. The third-order valence-electron chi connectivity index (χ3n) is 6.43. The number of anilines is 1. The molecule has 3 heterocycles. The van der Waals surface area contributed by atoms with Crippen molar-refractivity contribution in [2.75, 3.05) is 32.5 Å². The Kier molecular flexibility index (Phi) is 5.11. The second kappa shape index (κ2) is 7.51. The zero-order valence-electron chi connectivity index (χ0n) is 16.1. The smallest absolute Gasteiger partial charge is 0.223 e. The zero-order chi connectivity index (χ0) is 18.1. The van der Waals surface area contributed by atoms with E-state index in [1.54, 1.807) is 0 Å². The Hall–Kier alpha value is -1.69. The average Bonchev–Trinajstić information content (AvgIpc) is 3.31. The fourth-order valence-electron chi connectivity index (χ4n) is 4.85. The number of hydrogen-bond acceptors (Lipinski definition) is 5. The Balaban J connectivity index is 1.53. The van der Waals surface area contributed by atoms with Crippen molar-refractivity contribution in [1.82, 2.24) is 19.8 Å². The first-order valence-corrected chi connectivity index (χ1v) is 10.2. The van der Waals surface area contributed by atoms with Gasteiger partial charge in [-0.1, -0.05) is 12.8 Å². The lowest BCUT2D eigenvalue weighted by atomic mass is 10.0. The standard InChI is InChI=1S/C20H31N5O/c1-21-19-15-9-11-25(18(26)12-14-6-3-4-7-14)13-16(15)22-20(23-19)17-8-5-10-24(17)2/h14,17H,3-13H2,1-2H3,(H,21,22,23).